The second-order valence-corrected chi connectivity index (χ2v) is 4.47. The number of amides is 1. The minimum atomic E-state index is -0.302. The molecule has 2 aromatic carbocycles. The molecular weight excluding hydrogens is 269 g/mol. The zero-order valence-electron chi connectivity index (χ0n) is 11.0. The molecule has 0 aliphatic heterocycles. The fourth-order valence-electron chi connectivity index (χ4n) is 1.92. The van der Waals surface area contributed by atoms with Crippen molar-refractivity contribution in [2.45, 2.75) is 0 Å². The zero-order valence-corrected chi connectivity index (χ0v) is 11.0. The summed E-state index contributed by atoms with van der Waals surface area (Å²) in [7, 11) is 0. The number of hydrogen-bond acceptors (Lipinski definition) is 2. The van der Waals surface area contributed by atoms with Crippen LogP contribution in [0.25, 0.3) is 5.69 Å². The molecule has 1 N–H and O–H groups in total. The van der Waals surface area contributed by atoms with Gasteiger partial charge in [-0.15, -0.1) is 0 Å². The highest BCUT2D eigenvalue weighted by Crippen LogP contribution is 2.13. The Hall–Kier alpha value is -2.95. The number of benzene rings is 2. The monoisotopic (exact) mass is 281 g/mol. The minimum Gasteiger partial charge on any atom is -0.319 e. The largest absolute Gasteiger partial charge is 0.319 e. The second kappa shape index (κ2) is 5.58. The predicted molar refractivity (Wildman–Crippen MR) is 77.9 cm³/mol. The first kappa shape index (κ1) is 13.1. The van der Waals surface area contributed by atoms with Gasteiger partial charge in [0, 0.05) is 5.56 Å². The third kappa shape index (κ3) is 2.97. The Kier molecular flexibility index (Phi) is 3.47. The fraction of sp³-hybridized carbons (Fsp3) is 0. The van der Waals surface area contributed by atoms with E-state index in [1.54, 1.807) is 53.5 Å². The van der Waals surface area contributed by atoms with Crippen LogP contribution in [0, 0.1) is 5.82 Å². The van der Waals surface area contributed by atoms with Gasteiger partial charge in [-0.3, -0.25) is 4.79 Å². The Labute approximate surface area is 120 Å². The predicted octanol–water partition coefficient (Wildman–Crippen LogP) is 3.26. The van der Waals surface area contributed by atoms with E-state index >= 15 is 0 Å². The van der Waals surface area contributed by atoms with Gasteiger partial charge in [0.25, 0.3) is 5.91 Å². The lowest BCUT2D eigenvalue weighted by atomic mass is 10.2. The summed E-state index contributed by atoms with van der Waals surface area (Å²) in [5.41, 5.74) is 1.87. The van der Waals surface area contributed by atoms with Crippen LogP contribution in [0.15, 0.2) is 67.0 Å². The maximum absolute atomic E-state index is 12.9. The molecule has 104 valence electrons. The molecule has 3 aromatic rings. The van der Waals surface area contributed by atoms with Crippen LogP contribution in [0.2, 0.25) is 0 Å². The van der Waals surface area contributed by atoms with Crippen LogP contribution >= 0.6 is 0 Å². The summed E-state index contributed by atoms with van der Waals surface area (Å²) >= 11 is 0. The van der Waals surface area contributed by atoms with Crippen molar-refractivity contribution in [3.63, 3.8) is 0 Å². The Balaban J connectivity index is 1.76. The number of carbonyl (C=O) groups excluding carboxylic acids is 1. The number of aromatic nitrogens is 2. The molecular formula is C16H12FN3O. The standard InChI is InChI=1S/C16H12FN3O/c17-13-6-8-15(9-7-13)20-11-14(10-18-20)19-16(21)12-4-2-1-3-5-12/h1-11H,(H,19,21). The summed E-state index contributed by atoms with van der Waals surface area (Å²) in [5.74, 6) is -0.502. The molecule has 3 rings (SSSR count). The van der Waals surface area contributed by atoms with Crippen LogP contribution in [0.5, 0.6) is 0 Å². The van der Waals surface area contributed by atoms with Gasteiger partial charge in [0.05, 0.1) is 23.8 Å². The lowest BCUT2D eigenvalue weighted by Gasteiger charge is -2.02. The molecule has 0 spiro atoms. The van der Waals surface area contributed by atoms with Gasteiger partial charge < -0.3 is 5.32 Å². The zero-order chi connectivity index (χ0) is 14.7. The maximum Gasteiger partial charge on any atom is 0.255 e. The number of anilines is 1. The molecule has 1 heterocycles. The highest BCUT2D eigenvalue weighted by atomic mass is 19.1. The average molecular weight is 281 g/mol. The van der Waals surface area contributed by atoms with Crippen LogP contribution < -0.4 is 5.32 Å². The quantitative estimate of drug-likeness (QED) is 0.801. The Morgan fingerprint density at radius 1 is 1.05 bits per heavy atom. The van der Waals surface area contributed by atoms with E-state index in [2.05, 4.69) is 10.4 Å². The third-order valence-corrected chi connectivity index (χ3v) is 2.97. The van der Waals surface area contributed by atoms with Crippen molar-refractivity contribution in [3.05, 3.63) is 78.4 Å². The van der Waals surface area contributed by atoms with Crippen molar-refractivity contribution < 1.29 is 9.18 Å². The lowest BCUT2D eigenvalue weighted by Crippen LogP contribution is -2.10. The lowest BCUT2D eigenvalue weighted by molar-refractivity contribution is 0.102. The Morgan fingerprint density at radius 2 is 1.76 bits per heavy atom. The van der Waals surface area contributed by atoms with Crippen molar-refractivity contribution in [1.29, 1.82) is 0 Å². The van der Waals surface area contributed by atoms with E-state index in [4.69, 9.17) is 0 Å². The number of rotatable bonds is 3. The summed E-state index contributed by atoms with van der Waals surface area (Å²) in [6.07, 6.45) is 3.22. The molecule has 0 atom stereocenters. The number of carbonyl (C=O) groups is 1. The molecule has 0 saturated carbocycles. The van der Waals surface area contributed by atoms with Crippen LogP contribution in [-0.2, 0) is 0 Å². The SMILES string of the molecule is O=C(Nc1cnn(-c2ccc(F)cc2)c1)c1ccccc1. The third-order valence-electron chi connectivity index (χ3n) is 2.97. The van der Waals surface area contributed by atoms with E-state index in [-0.39, 0.29) is 11.7 Å². The van der Waals surface area contributed by atoms with Gasteiger partial charge in [0.2, 0.25) is 0 Å². The van der Waals surface area contributed by atoms with Crippen LogP contribution in [0.1, 0.15) is 10.4 Å². The van der Waals surface area contributed by atoms with E-state index in [0.29, 0.717) is 11.3 Å². The molecule has 21 heavy (non-hydrogen) atoms. The number of halogens is 1. The summed E-state index contributed by atoms with van der Waals surface area (Å²) in [6, 6.07) is 14.9. The summed E-state index contributed by atoms with van der Waals surface area (Å²) in [5, 5.41) is 6.91. The van der Waals surface area contributed by atoms with E-state index < -0.39 is 0 Å². The molecule has 0 radical (unpaired) electrons. The number of nitrogens with zero attached hydrogens (tertiary/aromatic N) is 2. The highest BCUT2D eigenvalue weighted by molar-refractivity contribution is 6.04. The highest BCUT2D eigenvalue weighted by Gasteiger charge is 2.07. The molecule has 4 nitrogen and oxygen atoms in total. The molecule has 1 aromatic heterocycles. The van der Waals surface area contributed by atoms with Gasteiger partial charge in [-0.05, 0) is 36.4 Å². The molecule has 0 aliphatic rings. The Bertz CT molecular complexity index is 751. The molecule has 0 bridgehead atoms. The summed E-state index contributed by atoms with van der Waals surface area (Å²) < 4.78 is 14.5. The second-order valence-electron chi connectivity index (χ2n) is 4.47. The van der Waals surface area contributed by atoms with Gasteiger partial charge in [-0.1, -0.05) is 18.2 Å². The normalized spacial score (nSPS) is 10.3. The first-order valence-corrected chi connectivity index (χ1v) is 6.39. The van der Waals surface area contributed by atoms with E-state index in [1.165, 1.54) is 12.1 Å². The smallest absolute Gasteiger partial charge is 0.255 e. The van der Waals surface area contributed by atoms with E-state index in [9.17, 15) is 9.18 Å². The van der Waals surface area contributed by atoms with Crippen molar-refractivity contribution >= 4 is 11.6 Å². The first-order chi connectivity index (χ1) is 10.2. The summed E-state index contributed by atoms with van der Waals surface area (Å²) in [4.78, 5) is 12.0. The van der Waals surface area contributed by atoms with Gasteiger partial charge in [0.15, 0.2) is 0 Å². The van der Waals surface area contributed by atoms with Gasteiger partial charge >= 0.3 is 0 Å². The topological polar surface area (TPSA) is 46.9 Å². The van der Waals surface area contributed by atoms with Crippen LogP contribution in [0.4, 0.5) is 10.1 Å². The number of nitrogens with one attached hydrogen (secondary N) is 1. The van der Waals surface area contributed by atoms with Crippen LogP contribution in [-0.4, -0.2) is 15.7 Å². The molecule has 0 aliphatic carbocycles. The molecule has 0 unspecified atom stereocenters. The van der Waals surface area contributed by atoms with Crippen molar-refractivity contribution in [2.24, 2.45) is 0 Å². The van der Waals surface area contributed by atoms with Crippen molar-refractivity contribution in [1.82, 2.24) is 9.78 Å². The number of hydrogen-bond donors (Lipinski definition) is 1. The van der Waals surface area contributed by atoms with E-state index in [1.807, 2.05) is 6.07 Å². The average Bonchev–Trinajstić information content (AvgIpc) is 2.97. The maximum atomic E-state index is 12.9. The summed E-state index contributed by atoms with van der Waals surface area (Å²) in [6.45, 7) is 0. The Morgan fingerprint density at radius 3 is 2.48 bits per heavy atom. The molecule has 5 heteroatoms. The van der Waals surface area contributed by atoms with E-state index in [0.717, 1.165) is 5.69 Å². The molecule has 0 saturated heterocycles. The van der Waals surface area contributed by atoms with Crippen molar-refractivity contribution in [2.75, 3.05) is 5.32 Å². The van der Waals surface area contributed by atoms with Gasteiger partial charge in [-0.25, -0.2) is 9.07 Å². The van der Waals surface area contributed by atoms with Crippen molar-refractivity contribution in [3.8, 4) is 5.69 Å². The molecule has 1 amide bonds. The van der Waals surface area contributed by atoms with Gasteiger partial charge in [-0.2, -0.15) is 5.10 Å². The molecule has 0 fully saturated rings. The van der Waals surface area contributed by atoms with Crippen LogP contribution in [0.3, 0.4) is 0 Å². The van der Waals surface area contributed by atoms with Gasteiger partial charge in [0.1, 0.15) is 5.82 Å². The minimum absolute atomic E-state index is 0.200. The fourth-order valence-corrected chi connectivity index (χ4v) is 1.92. The first-order valence-electron chi connectivity index (χ1n) is 6.39.